The van der Waals surface area contributed by atoms with Crippen LogP contribution in [0.1, 0.15) is 23.0 Å². The summed E-state index contributed by atoms with van der Waals surface area (Å²) in [5, 5.41) is 9.97. The van der Waals surface area contributed by atoms with Crippen molar-refractivity contribution in [2.24, 2.45) is 0 Å². The lowest BCUT2D eigenvalue weighted by molar-refractivity contribution is 0.0690. The van der Waals surface area contributed by atoms with Crippen molar-refractivity contribution in [1.82, 2.24) is 4.98 Å². The molecule has 0 aliphatic heterocycles. The average Bonchev–Trinajstić information content (AvgIpc) is 2.56. The predicted molar refractivity (Wildman–Crippen MR) is 54.6 cm³/mol. The number of H-pyrrole nitrogens is 1. The minimum atomic E-state index is -0.891. The fourth-order valence-corrected chi connectivity index (χ4v) is 1.75. The first kappa shape index (κ1) is 8.81. The number of carboxylic acid groups (broad SMARTS) is 1. The van der Waals surface area contributed by atoms with Crippen LogP contribution >= 0.6 is 0 Å². The van der Waals surface area contributed by atoms with Gasteiger partial charge in [0.05, 0.1) is 0 Å². The molecule has 2 N–H and O–H groups in total. The number of para-hydroxylation sites is 1. The Labute approximate surface area is 81.4 Å². The van der Waals surface area contributed by atoms with Crippen molar-refractivity contribution in [1.29, 1.82) is 0 Å². The van der Waals surface area contributed by atoms with Crippen molar-refractivity contribution in [3.63, 3.8) is 0 Å². The third-order valence-electron chi connectivity index (χ3n) is 2.38. The van der Waals surface area contributed by atoms with Gasteiger partial charge in [0, 0.05) is 10.9 Å². The molecule has 0 unspecified atom stereocenters. The summed E-state index contributed by atoms with van der Waals surface area (Å²) in [4.78, 5) is 13.8. The highest BCUT2D eigenvalue weighted by Gasteiger charge is 2.14. The lowest BCUT2D eigenvalue weighted by atomic mass is 10.1. The number of carbonyl (C=O) groups is 1. The van der Waals surface area contributed by atoms with Crippen LogP contribution in [0.4, 0.5) is 0 Å². The zero-order valence-corrected chi connectivity index (χ0v) is 7.87. The van der Waals surface area contributed by atoms with E-state index in [9.17, 15) is 4.79 Å². The van der Waals surface area contributed by atoms with Crippen molar-refractivity contribution in [3.05, 3.63) is 35.5 Å². The largest absolute Gasteiger partial charge is 0.477 e. The quantitative estimate of drug-likeness (QED) is 0.762. The molecule has 0 aliphatic carbocycles. The molecule has 0 atom stereocenters. The molecule has 2 rings (SSSR count). The van der Waals surface area contributed by atoms with Crippen molar-refractivity contribution < 1.29 is 9.90 Å². The second kappa shape index (κ2) is 3.18. The molecule has 1 aromatic heterocycles. The number of hydrogen-bond donors (Lipinski definition) is 2. The number of aromatic nitrogens is 1. The topological polar surface area (TPSA) is 53.1 Å². The second-order valence-corrected chi connectivity index (χ2v) is 3.18. The first-order chi connectivity index (χ1) is 6.74. The van der Waals surface area contributed by atoms with E-state index < -0.39 is 5.97 Å². The van der Waals surface area contributed by atoms with E-state index in [-0.39, 0.29) is 0 Å². The van der Waals surface area contributed by atoms with Gasteiger partial charge in [-0.1, -0.05) is 25.1 Å². The summed E-state index contributed by atoms with van der Waals surface area (Å²) in [5.41, 5.74) is 2.09. The highest BCUT2D eigenvalue weighted by Crippen LogP contribution is 2.22. The molecule has 0 radical (unpaired) electrons. The Bertz CT molecular complexity index is 485. The Hall–Kier alpha value is -1.77. The molecule has 1 heterocycles. The lowest BCUT2D eigenvalue weighted by Gasteiger charge is -1.94. The predicted octanol–water partition coefficient (Wildman–Crippen LogP) is 2.43. The van der Waals surface area contributed by atoms with Gasteiger partial charge in [-0.25, -0.2) is 4.79 Å². The average molecular weight is 189 g/mol. The van der Waals surface area contributed by atoms with Crippen LogP contribution in [0.25, 0.3) is 10.9 Å². The van der Waals surface area contributed by atoms with Crippen LogP contribution in [0.3, 0.4) is 0 Å². The van der Waals surface area contributed by atoms with Crippen LogP contribution < -0.4 is 0 Å². The number of nitrogens with one attached hydrogen (secondary N) is 1. The number of aryl methyl sites for hydroxylation is 1. The Kier molecular flexibility index (Phi) is 2.00. The molecule has 3 heteroatoms. The van der Waals surface area contributed by atoms with Gasteiger partial charge in [-0.05, 0) is 18.1 Å². The zero-order valence-electron chi connectivity index (χ0n) is 7.87. The lowest BCUT2D eigenvalue weighted by Crippen LogP contribution is -2.00. The zero-order chi connectivity index (χ0) is 10.1. The van der Waals surface area contributed by atoms with Gasteiger partial charge in [-0.2, -0.15) is 0 Å². The van der Waals surface area contributed by atoms with Crippen LogP contribution in [0.15, 0.2) is 24.3 Å². The van der Waals surface area contributed by atoms with E-state index in [1.807, 2.05) is 31.2 Å². The van der Waals surface area contributed by atoms with Crippen LogP contribution in [0.5, 0.6) is 0 Å². The van der Waals surface area contributed by atoms with E-state index in [2.05, 4.69) is 4.98 Å². The van der Waals surface area contributed by atoms with E-state index >= 15 is 0 Å². The molecule has 0 amide bonds. The van der Waals surface area contributed by atoms with Crippen molar-refractivity contribution in [3.8, 4) is 0 Å². The maximum atomic E-state index is 10.9. The molecule has 0 saturated heterocycles. The molecule has 0 spiro atoms. The van der Waals surface area contributed by atoms with Crippen LogP contribution in [0.2, 0.25) is 0 Å². The Morgan fingerprint density at radius 3 is 2.79 bits per heavy atom. The van der Waals surface area contributed by atoms with Gasteiger partial charge in [-0.15, -0.1) is 0 Å². The first-order valence-corrected chi connectivity index (χ1v) is 4.57. The maximum Gasteiger partial charge on any atom is 0.352 e. The standard InChI is InChI=1S/C11H11NO2/c1-2-7-8-5-3-4-6-9(8)12-10(7)11(13)14/h3-6,12H,2H2,1H3,(H,13,14). The number of hydrogen-bond acceptors (Lipinski definition) is 1. The number of carboxylic acids is 1. The molecule has 72 valence electrons. The molecular weight excluding hydrogens is 178 g/mol. The number of fused-ring (bicyclic) bond motifs is 1. The van der Waals surface area contributed by atoms with Gasteiger partial charge in [0.1, 0.15) is 5.69 Å². The summed E-state index contributed by atoms with van der Waals surface area (Å²) in [6.07, 6.45) is 0.728. The molecule has 2 aromatic rings. The van der Waals surface area contributed by atoms with Crippen LogP contribution in [0, 0.1) is 0 Å². The SMILES string of the molecule is CCc1c(C(=O)O)[nH]c2ccccc12. The van der Waals surface area contributed by atoms with E-state index in [0.29, 0.717) is 5.69 Å². The summed E-state index contributed by atoms with van der Waals surface area (Å²) in [5.74, 6) is -0.891. The van der Waals surface area contributed by atoms with Crippen molar-refractivity contribution >= 4 is 16.9 Å². The Morgan fingerprint density at radius 2 is 2.14 bits per heavy atom. The van der Waals surface area contributed by atoms with Gasteiger partial charge in [0.15, 0.2) is 0 Å². The van der Waals surface area contributed by atoms with Crippen molar-refractivity contribution in [2.75, 3.05) is 0 Å². The summed E-state index contributed by atoms with van der Waals surface area (Å²) in [7, 11) is 0. The summed E-state index contributed by atoms with van der Waals surface area (Å²) < 4.78 is 0. The van der Waals surface area contributed by atoms with Crippen LogP contribution in [-0.2, 0) is 6.42 Å². The number of aromatic carboxylic acids is 1. The van der Waals surface area contributed by atoms with E-state index in [1.165, 1.54) is 0 Å². The van der Waals surface area contributed by atoms with E-state index in [1.54, 1.807) is 0 Å². The molecular formula is C11H11NO2. The number of benzene rings is 1. The highest BCUT2D eigenvalue weighted by atomic mass is 16.4. The van der Waals surface area contributed by atoms with Crippen molar-refractivity contribution in [2.45, 2.75) is 13.3 Å². The maximum absolute atomic E-state index is 10.9. The summed E-state index contributed by atoms with van der Waals surface area (Å²) in [6, 6.07) is 7.64. The minimum absolute atomic E-state index is 0.314. The molecule has 3 nitrogen and oxygen atoms in total. The smallest absolute Gasteiger partial charge is 0.352 e. The second-order valence-electron chi connectivity index (χ2n) is 3.18. The number of rotatable bonds is 2. The fraction of sp³-hybridized carbons (Fsp3) is 0.182. The minimum Gasteiger partial charge on any atom is -0.477 e. The number of aromatic amines is 1. The normalized spacial score (nSPS) is 10.6. The van der Waals surface area contributed by atoms with E-state index in [4.69, 9.17) is 5.11 Å². The van der Waals surface area contributed by atoms with Gasteiger partial charge >= 0.3 is 5.97 Å². The van der Waals surface area contributed by atoms with E-state index in [0.717, 1.165) is 22.9 Å². The monoisotopic (exact) mass is 189 g/mol. The summed E-state index contributed by atoms with van der Waals surface area (Å²) >= 11 is 0. The molecule has 0 fully saturated rings. The third-order valence-corrected chi connectivity index (χ3v) is 2.38. The highest BCUT2D eigenvalue weighted by molar-refractivity contribution is 5.97. The van der Waals surface area contributed by atoms with Gasteiger partial charge in [0.25, 0.3) is 0 Å². The van der Waals surface area contributed by atoms with Gasteiger partial charge in [0.2, 0.25) is 0 Å². The van der Waals surface area contributed by atoms with Gasteiger partial charge < -0.3 is 10.1 Å². The summed E-state index contributed by atoms with van der Waals surface area (Å²) in [6.45, 7) is 1.96. The Morgan fingerprint density at radius 1 is 1.43 bits per heavy atom. The fourth-order valence-electron chi connectivity index (χ4n) is 1.75. The Balaban J connectivity index is 2.78. The third kappa shape index (κ3) is 1.18. The molecule has 0 aliphatic rings. The molecule has 0 saturated carbocycles. The molecule has 14 heavy (non-hydrogen) atoms. The molecule has 1 aromatic carbocycles. The molecule has 0 bridgehead atoms. The van der Waals surface area contributed by atoms with Crippen LogP contribution in [-0.4, -0.2) is 16.1 Å². The van der Waals surface area contributed by atoms with Gasteiger partial charge in [-0.3, -0.25) is 0 Å². The first-order valence-electron chi connectivity index (χ1n) is 4.57.